The summed E-state index contributed by atoms with van der Waals surface area (Å²) in [6, 6.07) is 6.50. The number of hydrogen-bond acceptors (Lipinski definition) is 2. The minimum absolute atomic E-state index is 0.0132. The van der Waals surface area contributed by atoms with E-state index in [0.29, 0.717) is 9.74 Å². The Labute approximate surface area is 151 Å². The van der Waals surface area contributed by atoms with Crippen molar-refractivity contribution in [2.75, 3.05) is 13.1 Å². The van der Waals surface area contributed by atoms with E-state index in [1.165, 1.54) is 11.1 Å². The number of carbonyl (C=O) groups is 1. The number of alkyl halides is 1. The van der Waals surface area contributed by atoms with E-state index in [-0.39, 0.29) is 11.9 Å². The largest absolute Gasteiger partial charge is 0.351 e. The second-order valence-corrected chi connectivity index (χ2v) is 8.39. The van der Waals surface area contributed by atoms with Crippen LogP contribution in [0.15, 0.2) is 18.2 Å². The lowest BCUT2D eigenvalue weighted by Gasteiger charge is -2.34. The molecule has 0 radical (unpaired) electrons. The first-order valence-electron chi connectivity index (χ1n) is 8.23. The smallest absolute Gasteiger partial charge is 0.267 e. The average Bonchev–Trinajstić information content (AvgIpc) is 2.92. The molecule has 1 aliphatic rings. The molecular weight excluding hydrogens is 401 g/mol. The molecule has 2 N–H and O–H groups in total. The molecular formula is C18H24IN3O. The first-order chi connectivity index (χ1) is 10.9. The van der Waals surface area contributed by atoms with Crippen molar-refractivity contribution < 1.29 is 4.79 Å². The molecule has 23 heavy (non-hydrogen) atoms. The molecule has 1 amide bonds. The van der Waals surface area contributed by atoms with Gasteiger partial charge in [-0.1, -0.05) is 28.7 Å². The standard InChI is InChI=1S/C18H24IN3O/c1-11-8-12(2)15-10-17(21-16(15)9-11)18(23)20-14-4-6-22(7-5-14)13(3)19/h8-10,13-14,21H,4-7H2,1-3H3,(H,20,23). The molecule has 0 spiro atoms. The number of aromatic nitrogens is 1. The van der Waals surface area contributed by atoms with E-state index in [2.05, 4.69) is 70.7 Å². The van der Waals surface area contributed by atoms with Crippen LogP contribution in [-0.4, -0.2) is 39.0 Å². The number of benzene rings is 1. The summed E-state index contributed by atoms with van der Waals surface area (Å²) in [5.74, 6) is 0.0132. The second kappa shape index (κ2) is 6.81. The molecule has 3 rings (SSSR count). The van der Waals surface area contributed by atoms with Crippen molar-refractivity contribution in [3.05, 3.63) is 35.0 Å². The fourth-order valence-electron chi connectivity index (χ4n) is 3.38. The van der Waals surface area contributed by atoms with Crippen LogP contribution in [0.4, 0.5) is 0 Å². The number of aryl methyl sites for hydroxylation is 2. The van der Waals surface area contributed by atoms with Crippen LogP contribution < -0.4 is 5.32 Å². The highest BCUT2D eigenvalue weighted by Crippen LogP contribution is 2.22. The van der Waals surface area contributed by atoms with Crippen molar-refractivity contribution in [1.29, 1.82) is 0 Å². The number of hydrogen-bond donors (Lipinski definition) is 2. The molecule has 1 fully saturated rings. The average molecular weight is 425 g/mol. The van der Waals surface area contributed by atoms with Crippen LogP contribution in [-0.2, 0) is 0 Å². The van der Waals surface area contributed by atoms with Gasteiger partial charge in [0, 0.05) is 30.0 Å². The Hall–Kier alpha value is -1.08. The zero-order chi connectivity index (χ0) is 16.6. The number of H-pyrrole nitrogens is 1. The number of halogens is 1. The highest BCUT2D eigenvalue weighted by Gasteiger charge is 2.23. The molecule has 1 aromatic carbocycles. The monoisotopic (exact) mass is 425 g/mol. The minimum Gasteiger partial charge on any atom is -0.351 e. The molecule has 1 saturated heterocycles. The zero-order valence-corrected chi connectivity index (χ0v) is 16.1. The second-order valence-electron chi connectivity index (χ2n) is 6.58. The van der Waals surface area contributed by atoms with E-state index in [1.807, 2.05) is 6.07 Å². The first-order valence-corrected chi connectivity index (χ1v) is 9.47. The topological polar surface area (TPSA) is 48.1 Å². The first kappa shape index (κ1) is 16.8. The van der Waals surface area contributed by atoms with Crippen LogP contribution in [0.3, 0.4) is 0 Å². The van der Waals surface area contributed by atoms with Gasteiger partial charge in [0.15, 0.2) is 0 Å². The fraction of sp³-hybridized carbons (Fsp3) is 0.500. The van der Waals surface area contributed by atoms with E-state index in [9.17, 15) is 4.79 Å². The summed E-state index contributed by atoms with van der Waals surface area (Å²) < 4.78 is 0.559. The summed E-state index contributed by atoms with van der Waals surface area (Å²) in [4.78, 5) is 18.3. The summed E-state index contributed by atoms with van der Waals surface area (Å²) in [5, 5.41) is 4.32. The Bertz CT molecular complexity index is 714. The van der Waals surface area contributed by atoms with Gasteiger partial charge in [0.05, 0.1) is 4.05 Å². The lowest BCUT2D eigenvalue weighted by atomic mass is 10.0. The molecule has 1 aromatic heterocycles. The zero-order valence-electron chi connectivity index (χ0n) is 13.9. The van der Waals surface area contributed by atoms with Crippen LogP contribution in [0, 0.1) is 13.8 Å². The maximum absolute atomic E-state index is 12.5. The number of piperidine rings is 1. The third kappa shape index (κ3) is 3.71. The maximum atomic E-state index is 12.5. The number of nitrogens with zero attached hydrogens (tertiary/aromatic N) is 1. The van der Waals surface area contributed by atoms with Crippen molar-refractivity contribution in [3.63, 3.8) is 0 Å². The third-order valence-corrected chi connectivity index (χ3v) is 5.49. The normalized spacial score (nSPS) is 18.3. The van der Waals surface area contributed by atoms with Gasteiger partial charge in [-0.15, -0.1) is 0 Å². The third-order valence-electron chi connectivity index (χ3n) is 4.70. The molecule has 1 atom stereocenters. The minimum atomic E-state index is 0.0132. The number of aromatic amines is 1. The predicted molar refractivity (Wildman–Crippen MR) is 103 cm³/mol. The summed E-state index contributed by atoms with van der Waals surface area (Å²) in [6.45, 7) is 8.50. The lowest BCUT2D eigenvalue weighted by molar-refractivity contribution is 0.0907. The van der Waals surface area contributed by atoms with Crippen LogP contribution in [0.25, 0.3) is 10.9 Å². The van der Waals surface area contributed by atoms with Crippen molar-refractivity contribution in [2.24, 2.45) is 0 Å². The van der Waals surface area contributed by atoms with Gasteiger partial charge < -0.3 is 10.3 Å². The Kier molecular flexibility index (Phi) is 4.96. The molecule has 0 saturated carbocycles. The van der Waals surface area contributed by atoms with Gasteiger partial charge in [-0.2, -0.15) is 0 Å². The summed E-state index contributed by atoms with van der Waals surface area (Å²) in [7, 11) is 0. The van der Waals surface area contributed by atoms with Crippen LogP contribution in [0.5, 0.6) is 0 Å². The van der Waals surface area contributed by atoms with Crippen LogP contribution >= 0.6 is 22.6 Å². The number of carbonyl (C=O) groups excluding carboxylic acids is 1. The molecule has 5 heteroatoms. The van der Waals surface area contributed by atoms with Crippen LogP contribution in [0.2, 0.25) is 0 Å². The van der Waals surface area contributed by atoms with E-state index < -0.39 is 0 Å². The number of rotatable bonds is 3. The van der Waals surface area contributed by atoms with Gasteiger partial charge in [0.25, 0.3) is 5.91 Å². The van der Waals surface area contributed by atoms with Gasteiger partial charge in [-0.25, -0.2) is 0 Å². The van der Waals surface area contributed by atoms with Gasteiger partial charge in [0.1, 0.15) is 5.69 Å². The SMILES string of the molecule is Cc1cc(C)c2cc(C(=O)NC3CCN(C(C)I)CC3)[nH]c2c1. The van der Waals surface area contributed by atoms with Gasteiger partial charge in [0.2, 0.25) is 0 Å². The van der Waals surface area contributed by atoms with E-state index in [1.54, 1.807) is 0 Å². The molecule has 0 aliphatic carbocycles. The summed E-state index contributed by atoms with van der Waals surface area (Å²) in [6.07, 6.45) is 2.05. The fourth-order valence-corrected chi connectivity index (χ4v) is 3.94. The van der Waals surface area contributed by atoms with E-state index >= 15 is 0 Å². The molecule has 2 heterocycles. The number of likely N-dealkylation sites (tertiary alicyclic amines) is 1. The van der Waals surface area contributed by atoms with Gasteiger partial charge in [-0.05, 0) is 56.9 Å². The lowest BCUT2D eigenvalue weighted by Crippen LogP contribution is -2.46. The molecule has 1 unspecified atom stereocenters. The van der Waals surface area contributed by atoms with Crippen molar-refractivity contribution >= 4 is 39.4 Å². The predicted octanol–water partition coefficient (Wildman–Crippen LogP) is 3.76. The number of nitrogens with one attached hydrogen (secondary N) is 2. The highest BCUT2D eigenvalue weighted by molar-refractivity contribution is 14.1. The van der Waals surface area contributed by atoms with E-state index in [0.717, 1.165) is 36.8 Å². The van der Waals surface area contributed by atoms with Gasteiger partial charge >= 0.3 is 0 Å². The highest BCUT2D eigenvalue weighted by atomic mass is 127. The van der Waals surface area contributed by atoms with Crippen LogP contribution in [0.1, 0.15) is 41.4 Å². The van der Waals surface area contributed by atoms with Crippen molar-refractivity contribution in [3.8, 4) is 0 Å². The molecule has 2 aromatic rings. The number of fused-ring (bicyclic) bond motifs is 1. The Morgan fingerprint density at radius 1 is 1.30 bits per heavy atom. The summed E-state index contributed by atoms with van der Waals surface area (Å²) in [5.41, 5.74) is 4.13. The van der Waals surface area contributed by atoms with Gasteiger partial charge in [-0.3, -0.25) is 9.69 Å². The van der Waals surface area contributed by atoms with Crippen molar-refractivity contribution in [2.45, 2.75) is 43.7 Å². The summed E-state index contributed by atoms with van der Waals surface area (Å²) >= 11 is 2.45. The Morgan fingerprint density at radius 2 is 2.00 bits per heavy atom. The maximum Gasteiger partial charge on any atom is 0.267 e. The molecule has 0 bridgehead atoms. The molecule has 1 aliphatic heterocycles. The molecule has 4 nitrogen and oxygen atoms in total. The number of amides is 1. The van der Waals surface area contributed by atoms with E-state index in [4.69, 9.17) is 0 Å². The quantitative estimate of drug-likeness (QED) is 0.447. The van der Waals surface area contributed by atoms with Crippen molar-refractivity contribution in [1.82, 2.24) is 15.2 Å². The Balaban J connectivity index is 1.68. The Morgan fingerprint density at radius 3 is 2.65 bits per heavy atom. The molecule has 124 valence electrons.